The first kappa shape index (κ1) is 10.9. The molecule has 1 heterocycles. The molecular weight excluding hydrogens is 212 g/mol. The maximum Gasteiger partial charge on any atom is 0.274 e. The maximum absolute atomic E-state index is 13.6. The van der Waals surface area contributed by atoms with Crippen molar-refractivity contribution < 1.29 is 13.5 Å². The molecule has 1 aliphatic rings. The summed E-state index contributed by atoms with van der Waals surface area (Å²) in [7, 11) is 0. The van der Waals surface area contributed by atoms with Gasteiger partial charge in [-0.05, 0) is 23.8 Å². The highest BCUT2D eigenvalue weighted by molar-refractivity contribution is 5.41. The minimum atomic E-state index is -2.92. The summed E-state index contributed by atoms with van der Waals surface area (Å²) in [6.07, 6.45) is 0.112. The quantitative estimate of drug-likeness (QED) is 0.789. The van der Waals surface area contributed by atoms with E-state index >= 15 is 0 Å². The van der Waals surface area contributed by atoms with Crippen LogP contribution in [0.4, 0.5) is 8.78 Å². The lowest BCUT2D eigenvalue weighted by Gasteiger charge is -2.15. The lowest BCUT2D eigenvalue weighted by atomic mass is 10.0. The molecule has 0 bridgehead atoms. The molecule has 1 aromatic carbocycles. The van der Waals surface area contributed by atoms with Gasteiger partial charge >= 0.3 is 0 Å². The van der Waals surface area contributed by atoms with Crippen LogP contribution in [0.2, 0.25) is 0 Å². The molecule has 0 spiro atoms. The van der Waals surface area contributed by atoms with E-state index in [1.54, 1.807) is 12.1 Å². The number of nitriles is 1. The van der Waals surface area contributed by atoms with Crippen LogP contribution in [-0.2, 0) is 12.3 Å². The lowest BCUT2D eigenvalue weighted by molar-refractivity contribution is -0.0120. The predicted octanol–water partition coefficient (Wildman–Crippen LogP) is 3.02. The first-order valence-corrected chi connectivity index (χ1v) is 5.14. The summed E-state index contributed by atoms with van der Waals surface area (Å²) in [6, 6.07) is 6.18. The van der Waals surface area contributed by atoms with Gasteiger partial charge < -0.3 is 4.74 Å². The van der Waals surface area contributed by atoms with Crippen molar-refractivity contribution in [3.8, 4) is 11.8 Å². The summed E-state index contributed by atoms with van der Waals surface area (Å²) in [4.78, 5) is 0. The monoisotopic (exact) mass is 223 g/mol. The second-order valence-electron chi connectivity index (χ2n) is 3.78. The first-order chi connectivity index (χ1) is 7.63. The third kappa shape index (κ3) is 1.99. The van der Waals surface area contributed by atoms with Crippen molar-refractivity contribution >= 4 is 0 Å². The summed E-state index contributed by atoms with van der Waals surface area (Å²) in [5, 5.41) is 8.33. The van der Waals surface area contributed by atoms with Gasteiger partial charge in [0.25, 0.3) is 5.92 Å². The van der Waals surface area contributed by atoms with Crippen molar-refractivity contribution in [3.63, 3.8) is 0 Å². The van der Waals surface area contributed by atoms with Crippen LogP contribution in [0.5, 0.6) is 5.75 Å². The molecular formula is C12H11F2NO. The van der Waals surface area contributed by atoms with Gasteiger partial charge in [0, 0.05) is 24.8 Å². The Kier molecular flexibility index (Phi) is 2.78. The van der Waals surface area contributed by atoms with Crippen molar-refractivity contribution in [2.45, 2.75) is 25.2 Å². The average molecular weight is 223 g/mol. The molecule has 0 unspecified atom stereocenters. The molecule has 0 aromatic heterocycles. The smallest absolute Gasteiger partial charge is 0.274 e. The Balaban J connectivity index is 2.24. The molecule has 0 aliphatic carbocycles. The minimum Gasteiger partial charge on any atom is -0.493 e. The molecule has 2 rings (SSSR count). The van der Waals surface area contributed by atoms with E-state index in [2.05, 4.69) is 0 Å². The first-order valence-electron chi connectivity index (χ1n) is 5.14. The Labute approximate surface area is 92.5 Å². The van der Waals surface area contributed by atoms with Gasteiger partial charge in [-0.25, -0.2) is 8.78 Å². The lowest BCUT2D eigenvalue weighted by Crippen LogP contribution is -2.13. The number of rotatable bonds is 3. The third-order valence-corrected chi connectivity index (χ3v) is 2.66. The van der Waals surface area contributed by atoms with E-state index in [0.717, 1.165) is 5.56 Å². The van der Waals surface area contributed by atoms with Crippen molar-refractivity contribution in [2.24, 2.45) is 0 Å². The molecule has 1 aromatic rings. The molecule has 1 aliphatic heterocycles. The van der Waals surface area contributed by atoms with Gasteiger partial charge in [0.05, 0.1) is 12.7 Å². The number of alkyl halides is 2. The van der Waals surface area contributed by atoms with Crippen molar-refractivity contribution in [2.75, 3.05) is 6.61 Å². The number of hydrogen-bond donors (Lipinski definition) is 0. The summed E-state index contributed by atoms with van der Waals surface area (Å²) in [5.74, 6) is -2.23. The standard InChI is InChI=1S/C12H11F2NO/c13-12(14,5-1-6-15)10-2-3-11-9(8-10)4-7-16-11/h2-3,8H,1,4-5,7H2. The third-order valence-electron chi connectivity index (χ3n) is 2.66. The second-order valence-corrected chi connectivity index (χ2v) is 3.78. The topological polar surface area (TPSA) is 33.0 Å². The number of halogens is 2. The van der Waals surface area contributed by atoms with E-state index in [4.69, 9.17) is 10.00 Å². The Morgan fingerprint density at radius 2 is 2.25 bits per heavy atom. The van der Waals surface area contributed by atoms with Gasteiger partial charge in [-0.3, -0.25) is 0 Å². The Morgan fingerprint density at radius 1 is 1.44 bits per heavy atom. The minimum absolute atomic E-state index is 0.0213. The number of ether oxygens (including phenoxy) is 1. The van der Waals surface area contributed by atoms with Crippen LogP contribution in [0.1, 0.15) is 24.0 Å². The molecule has 4 heteroatoms. The summed E-state index contributed by atoms with van der Waals surface area (Å²) < 4.78 is 32.5. The fraction of sp³-hybridized carbons (Fsp3) is 0.417. The van der Waals surface area contributed by atoms with Crippen molar-refractivity contribution in [1.82, 2.24) is 0 Å². The zero-order chi connectivity index (χ0) is 11.6. The molecule has 0 amide bonds. The van der Waals surface area contributed by atoms with Crippen LogP contribution in [0.3, 0.4) is 0 Å². The van der Waals surface area contributed by atoms with E-state index in [-0.39, 0.29) is 12.0 Å². The molecule has 84 valence electrons. The van der Waals surface area contributed by atoms with Crippen LogP contribution in [0, 0.1) is 11.3 Å². The highest BCUT2D eigenvalue weighted by Gasteiger charge is 2.32. The normalized spacial score (nSPS) is 14.1. The zero-order valence-electron chi connectivity index (χ0n) is 8.67. The molecule has 0 fully saturated rings. The second kappa shape index (κ2) is 4.09. The van der Waals surface area contributed by atoms with Gasteiger partial charge in [0.2, 0.25) is 0 Å². The van der Waals surface area contributed by atoms with E-state index in [1.165, 1.54) is 12.1 Å². The number of hydrogen-bond acceptors (Lipinski definition) is 2. The van der Waals surface area contributed by atoms with Crippen molar-refractivity contribution in [1.29, 1.82) is 5.26 Å². The number of nitrogens with zero attached hydrogens (tertiary/aromatic N) is 1. The van der Waals surface area contributed by atoms with Gasteiger partial charge in [0.1, 0.15) is 5.75 Å². The Hall–Kier alpha value is -1.63. The number of fused-ring (bicyclic) bond motifs is 1. The van der Waals surface area contributed by atoms with Gasteiger partial charge in [-0.15, -0.1) is 0 Å². The fourth-order valence-electron chi connectivity index (χ4n) is 1.77. The highest BCUT2D eigenvalue weighted by Crippen LogP contribution is 2.36. The summed E-state index contributed by atoms with van der Waals surface area (Å²) in [6.45, 7) is 0.558. The van der Waals surface area contributed by atoms with Gasteiger partial charge in [0.15, 0.2) is 0 Å². The maximum atomic E-state index is 13.6. The van der Waals surface area contributed by atoms with Crippen LogP contribution in [0.25, 0.3) is 0 Å². The van der Waals surface area contributed by atoms with Crippen molar-refractivity contribution in [3.05, 3.63) is 29.3 Å². The van der Waals surface area contributed by atoms with E-state index < -0.39 is 12.3 Å². The van der Waals surface area contributed by atoms with Gasteiger partial charge in [-0.1, -0.05) is 0 Å². The molecule has 16 heavy (non-hydrogen) atoms. The summed E-state index contributed by atoms with van der Waals surface area (Å²) >= 11 is 0. The SMILES string of the molecule is N#CCCC(F)(F)c1ccc2c(c1)CCO2. The van der Waals surface area contributed by atoms with E-state index in [0.29, 0.717) is 18.8 Å². The van der Waals surface area contributed by atoms with Crippen LogP contribution < -0.4 is 4.74 Å². The van der Waals surface area contributed by atoms with E-state index in [9.17, 15) is 8.78 Å². The Bertz CT molecular complexity index is 437. The molecule has 0 N–H and O–H groups in total. The zero-order valence-corrected chi connectivity index (χ0v) is 8.67. The highest BCUT2D eigenvalue weighted by atomic mass is 19.3. The molecule has 0 atom stereocenters. The average Bonchev–Trinajstić information content (AvgIpc) is 2.73. The largest absolute Gasteiger partial charge is 0.493 e. The molecule has 0 radical (unpaired) electrons. The van der Waals surface area contributed by atoms with E-state index in [1.807, 2.05) is 0 Å². The molecule has 0 saturated carbocycles. The van der Waals surface area contributed by atoms with Crippen LogP contribution >= 0.6 is 0 Å². The molecule has 0 saturated heterocycles. The fourth-order valence-corrected chi connectivity index (χ4v) is 1.77. The van der Waals surface area contributed by atoms with Crippen LogP contribution in [0.15, 0.2) is 18.2 Å². The number of benzene rings is 1. The Morgan fingerprint density at radius 3 is 3.00 bits per heavy atom. The van der Waals surface area contributed by atoms with Crippen LogP contribution in [-0.4, -0.2) is 6.61 Å². The predicted molar refractivity (Wildman–Crippen MR) is 54.4 cm³/mol. The molecule has 2 nitrogen and oxygen atoms in total. The summed E-state index contributed by atoms with van der Waals surface area (Å²) in [5.41, 5.74) is 0.807. The van der Waals surface area contributed by atoms with Gasteiger partial charge in [-0.2, -0.15) is 5.26 Å².